The molecule has 7 heteroatoms. The van der Waals surface area contributed by atoms with Crippen LogP contribution >= 0.6 is 0 Å². The van der Waals surface area contributed by atoms with Crippen LogP contribution in [-0.2, 0) is 4.79 Å². The summed E-state index contributed by atoms with van der Waals surface area (Å²) in [7, 11) is 0. The number of carboxylic acid groups (broad SMARTS) is 1. The zero-order chi connectivity index (χ0) is 14.4. The summed E-state index contributed by atoms with van der Waals surface area (Å²) in [6, 6.07) is 1.61. The maximum absolute atomic E-state index is 10.6. The second kappa shape index (κ2) is 6.67. The Morgan fingerprint density at radius 2 is 2.32 bits per heavy atom. The molecule has 0 saturated heterocycles. The molecule has 0 fully saturated rings. The Kier molecular flexibility index (Phi) is 5.23. The Labute approximate surface area is 110 Å². The number of aliphatic carboxylic acids is 1. The molecule has 0 amide bonds. The largest absolute Gasteiger partial charge is 0.481 e. The number of aryl methyl sites for hydroxylation is 1. The minimum absolute atomic E-state index is 0.00974. The van der Waals surface area contributed by atoms with E-state index in [9.17, 15) is 14.9 Å². The Morgan fingerprint density at radius 3 is 2.84 bits per heavy atom. The van der Waals surface area contributed by atoms with Gasteiger partial charge in [-0.15, -0.1) is 0 Å². The van der Waals surface area contributed by atoms with Crippen LogP contribution in [0.1, 0.15) is 25.3 Å². The Balaban J connectivity index is 2.52. The maximum Gasteiger partial charge on any atom is 0.303 e. The molecule has 104 valence electrons. The summed E-state index contributed by atoms with van der Waals surface area (Å²) < 4.78 is 0. The number of carbonyl (C=O) groups is 1. The van der Waals surface area contributed by atoms with Gasteiger partial charge in [-0.3, -0.25) is 14.9 Å². The number of carboxylic acids is 1. The first-order valence-corrected chi connectivity index (χ1v) is 5.97. The molecule has 19 heavy (non-hydrogen) atoms. The second-order valence-corrected chi connectivity index (χ2v) is 4.53. The lowest BCUT2D eigenvalue weighted by Crippen LogP contribution is -2.13. The van der Waals surface area contributed by atoms with Gasteiger partial charge in [-0.1, -0.05) is 6.92 Å². The molecule has 1 heterocycles. The van der Waals surface area contributed by atoms with Gasteiger partial charge in [0.1, 0.15) is 12.0 Å². The lowest BCUT2D eigenvalue weighted by atomic mass is 10.1. The molecule has 0 aliphatic carbocycles. The van der Waals surface area contributed by atoms with Gasteiger partial charge in [-0.25, -0.2) is 4.98 Å². The molecular formula is C12H17N3O4. The molecule has 0 aromatic carbocycles. The van der Waals surface area contributed by atoms with Crippen molar-refractivity contribution in [3.63, 3.8) is 0 Å². The molecular weight excluding hydrogens is 250 g/mol. The van der Waals surface area contributed by atoms with Crippen molar-refractivity contribution in [3.05, 3.63) is 27.9 Å². The van der Waals surface area contributed by atoms with E-state index in [0.29, 0.717) is 24.3 Å². The van der Waals surface area contributed by atoms with Crippen LogP contribution in [0.4, 0.5) is 11.5 Å². The summed E-state index contributed by atoms with van der Waals surface area (Å²) in [5, 5.41) is 22.3. The van der Waals surface area contributed by atoms with Crippen LogP contribution in [0.25, 0.3) is 0 Å². The topological polar surface area (TPSA) is 105 Å². The van der Waals surface area contributed by atoms with E-state index in [-0.39, 0.29) is 18.0 Å². The molecule has 1 atom stereocenters. The second-order valence-electron chi connectivity index (χ2n) is 4.53. The summed E-state index contributed by atoms with van der Waals surface area (Å²) in [5.41, 5.74) is 0.533. The lowest BCUT2D eigenvalue weighted by molar-refractivity contribution is -0.385. The SMILES string of the molecule is Cc1cc(NCC(C)CCC(=O)O)ncc1[N+](=O)[O-]. The molecule has 1 rings (SSSR count). The van der Waals surface area contributed by atoms with Gasteiger partial charge < -0.3 is 10.4 Å². The number of nitrogens with zero attached hydrogens (tertiary/aromatic N) is 2. The van der Waals surface area contributed by atoms with E-state index >= 15 is 0 Å². The molecule has 0 radical (unpaired) electrons. The highest BCUT2D eigenvalue weighted by molar-refractivity contribution is 5.66. The average molecular weight is 267 g/mol. The average Bonchev–Trinajstić information content (AvgIpc) is 2.33. The highest BCUT2D eigenvalue weighted by atomic mass is 16.6. The molecule has 0 bridgehead atoms. The highest BCUT2D eigenvalue weighted by Crippen LogP contribution is 2.19. The third kappa shape index (κ3) is 4.90. The van der Waals surface area contributed by atoms with Gasteiger partial charge >= 0.3 is 5.97 Å². The predicted octanol–water partition coefficient (Wildman–Crippen LogP) is 2.21. The van der Waals surface area contributed by atoms with Crippen molar-refractivity contribution in [3.8, 4) is 0 Å². The molecule has 0 aliphatic heterocycles. The smallest absolute Gasteiger partial charge is 0.303 e. The summed E-state index contributed by atoms with van der Waals surface area (Å²) in [5.74, 6) is -0.0603. The van der Waals surface area contributed by atoms with Crippen molar-refractivity contribution in [2.24, 2.45) is 5.92 Å². The van der Waals surface area contributed by atoms with E-state index in [2.05, 4.69) is 10.3 Å². The number of pyridine rings is 1. The number of hydrogen-bond acceptors (Lipinski definition) is 5. The summed E-state index contributed by atoms with van der Waals surface area (Å²) >= 11 is 0. The van der Waals surface area contributed by atoms with Crippen LogP contribution in [0.5, 0.6) is 0 Å². The van der Waals surface area contributed by atoms with Gasteiger partial charge in [0, 0.05) is 18.5 Å². The van der Waals surface area contributed by atoms with Crippen LogP contribution in [0.2, 0.25) is 0 Å². The van der Waals surface area contributed by atoms with Gasteiger partial charge in [0.25, 0.3) is 5.69 Å². The van der Waals surface area contributed by atoms with Crippen LogP contribution in [-0.4, -0.2) is 27.5 Å². The first-order valence-electron chi connectivity index (χ1n) is 5.97. The van der Waals surface area contributed by atoms with Crippen molar-refractivity contribution >= 4 is 17.5 Å². The minimum Gasteiger partial charge on any atom is -0.481 e. The van der Waals surface area contributed by atoms with Gasteiger partial charge in [-0.2, -0.15) is 0 Å². The molecule has 0 saturated carbocycles. The predicted molar refractivity (Wildman–Crippen MR) is 70.2 cm³/mol. The van der Waals surface area contributed by atoms with Crippen LogP contribution in [0, 0.1) is 23.0 Å². The zero-order valence-electron chi connectivity index (χ0n) is 10.9. The van der Waals surface area contributed by atoms with E-state index < -0.39 is 10.9 Å². The molecule has 1 aromatic heterocycles. The monoisotopic (exact) mass is 267 g/mol. The molecule has 7 nitrogen and oxygen atoms in total. The van der Waals surface area contributed by atoms with E-state index in [1.807, 2.05) is 6.92 Å². The normalized spacial score (nSPS) is 11.9. The Hall–Kier alpha value is -2.18. The summed E-state index contributed by atoms with van der Waals surface area (Å²) in [6.45, 7) is 4.17. The zero-order valence-corrected chi connectivity index (χ0v) is 10.9. The number of hydrogen-bond donors (Lipinski definition) is 2. The number of nitro groups is 1. The first-order chi connectivity index (χ1) is 8.90. The van der Waals surface area contributed by atoms with E-state index in [0.717, 1.165) is 0 Å². The molecule has 1 unspecified atom stereocenters. The maximum atomic E-state index is 10.6. The fraction of sp³-hybridized carbons (Fsp3) is 0.500. The van der Waals surface area contributed by atoms with Crippen molar-refractivity contribution in [1.29, 1.82) is 0 Å². The first kappa shape index (κ1) is 14.9. The van der Waals surface area contributed by atoms with Crippen LogP contribution in [0.15, 0.2) is 12.3 Å². The molecule has 1 aromatic rings. The van der Waals surface area contributed by atoms with Gasteiger partial charge in [0.2, 0.25) is 0 Å². The molecule has 0 aliphatic rings. The molecule has 2 N–H and O–H groups in total. The third-order valence-electron chi connectivity index (χ3n) is 2.76. The van der Waals surface area contributed by atoms with Crippen LogP contribution < -0.4 is 5.32 Å². The highest BCUT2D eigenvalue weighted by Gasteiger charge is 2.12. The summed E-state index contributed by atoms with van der Waals surface area (Å²) in [4.78, 5) is 24.6. The Bertz CT molecular complexity index is 476. The number of rotatable bonds is 7. The fourth-order valence-corrected chi connectivity index (χ4v) is 1.59. The quantitative estimate of drug-likeness (QED) is 0.579. The van der Waals surface area contributed by atoms with Crippen molar-refractivity contribution < 1.29 is 14.8 Å². The van der Waals surface area contributed by atoms with Gasteiger partial charge in [0.05, 0.1) is 4.92 Å². The van der Waals surface area contributed by atoms with E-state index in [1.54, 1.807) is 13.0 Å². The van der Waals surface area contributed by atoms with Crippen molar-refractivity contribution in [2.75, 3.05) is 11.9 Å². The summed E-state index contributed by atoms with van der Waals surface area (Å²) in [6.07, 6.45) is 1.93. The Morgan fingerprint density at radius 1 is 1.63 bits per heavy atom. The van der Waals surface area contributed by atoms with Gasteiger partial charge in [0.15, 0.2) is 0 Å². The third-order valence-corrected chi connectivity index (χ3v) is 2.76. The van der Waals surface area contributed by atoms with E-state index in [1.165, 1.54) is 6.20 Å². The van der Waals surface area contributed by atoms with Crippen LogP contribution in [0.3, 0.4) is 0 Å². The fourth-order valence-electron chi connectivity index (χ4n) is 1.59. The standard InChI is InChI=1S/C12H17N3O4/c1-8(3-4-12(16)17)6-13-11-5-9(2)10(7-14-11)15(18)19/h5,7-8H,3-4,6H2,1-2H3,(H,13,14)(H,16,17). The minimum atomic E-state index is -0.809. The van der Waals surface area contributed by atoms with Crippen molar-refractivity contribution in [1.82, 2.24) is 4.98 Å². The van der Waals surface area contributed by atoms with Gasteiger partial charge in [-0.05, 0) is 25.3 Å². The lowest BCUT2D eigenvalue weighted by Gasteiger charge is -2.12. The number of aromatic nitrogens is 1. The molecule has 0 spiro atoms. The number of nitrogens with one attached hydrogen (secondary N) is 1. The van der Waals surface area contributed by atoms with E-state index in [4.69, 9.17) is 5.11 Å². The number of anilines is 1. The van der Waals surface area contributed by atoms with Crippen molar-refractivity contribution in [2.45, 2.75) is 26.7 Å².